The van der Waals surface area contributed by atoms with Crippen molar-refractivity contribution >= 4 is 17.3 Å². The Morgan fingerprint density at radius 3 is 3.00 bits per heavy atom. The van der Waals surface area contributed by atoms with Gasteiger partial charge < -0.3 is 4.40 Å². The SMILES string of the molecule is CC(C)c1ncc2cc(N=C=O)ccn12. The molecule has 0 saturated heterocycles. The Hall–Kier alpha value is -1.93. The first-order valence-corrected chi connectivity index (χ1v) is 4.77. The molecule has 0 aliphatic rings. The van der Waals surface area contributed by atoms with Crippen LogP contribution in [0.1, 0.15) is 25.6 Å². The molecule has 4 heteroatoms. The van der Waals surface area contributed by atoms with Crippen molar-refractivity contribution in [3.63, 3.8) is 0 Å². The van der Waals surface area contributed by atoms with Gasteiger partial charge in [-0.2, -0.15) is 4.99 Å². The summed E-state index contributed by atoms with van der Waals surface area (Å²) in [4.78, 5) is 18.0. The van der Waals surface area contributed by atoms with E-state index in [4.69, 9.17) is 0 Å². The van der Waals surface area contributed by atoms with Gasteiger partial charge in [-0.25, -0.2) is 9.78 Å². The molecule has 2 aromatic rings. The van der Waals surface area contributed by atoms with E-state index in [0.717, 1.165) is 11.3 Å². The van der Waals surface area contributed by atoms with Crippen LogP contribution in [0.15, 0.2) is 29.5 Å². The minimum Gasteiger partial charge on any atom is -0.303 e. The van der Waals surface area contributed by atoms with Gasteiger partial charge in [-0.15, -0.1) is 0 Å². The van der Waals surface area contributed by atoms with Crippen molar-refractivity contribution in [2.45, 2.75) is 19.8 Å². The Bertz CT molecular complexity index is 536. The predicted octanol–water partition coefficient (Wildman–Crippen LogP) is 2.43. The Morgan fingerprint density at radius 2 is 2.33 bits per heavy atom. The molecule has 2 aromatic heterocycles. The summed E-state index contributed by atoms with van der Waals surface area (Å²) < 4.78 is 1.99. The summed E-state index contributed by atoms with van der Waals surface area (Å²) in [6, 6.07) is 3.58. The number of aliphatic imine (C=N–C) groups is 1. The van der Waals surface area contributed by atoms with Crippen molar-refractivity contribution in [2.75, 3.05) is 0 Å². The first-order chi connectivity index (χ1) is 7.22. The standard InChI is InChI=1S/C11H11N3O/c1-8(2)11-12-6-10-5-9(13-7-15)3-4-14(10)11/h3-6,8H,1-2H3. The zero-order valence-electron chi connectivity index (χ0n) is 8.64. The third kappa shape index (κ3) is 1.67. The molecule has 0 fully saturated rings. The molecule has 0 spiro atoms. The van der Waals surface area contributed by atoms with E-state index in [9.17, 15) is 4.79 Å². The fourth-order valence-electron chi connectivity index (χ4n) is 1.56. The van der Waals surface area contributed by atoms with E-state index in [1.807, 2.05) is 16.7 Å². The van der Waals surface area contributed by atoms with Crippen LogP contribution in [-0.2, 0) is 4.79 Å². The number of fused-ring (bicyclic) bond motifs is 1. The van der Waals surface area contributed by atoms with Crippen LogP contribution in [0.4, 0.5) is 5.69 Å². The van der Waals surface area contributed by atoms with Gasteiger partial charge in [-0.3, -0.25) is 0 Å². The molecule has 0 saturated carbocycles. The minimum absolute atomic E-state index is 0.368. The van der Waals surface area contributed by atoms with Crippen LogP contribution in [0.2, 0.25) is 0 Å². The molecule has 2 heterocycles. The zero-order chi connectivity index (χ0) is 10.8. The third-order valence-corrected chi connectivity index (χ3v) is 2.24. The Morgan fingerprint density at radius 1 is 1.53 bits per heavy atom. The van der Waals surface area contributed by atoms with E-state index in [0.29, 0.717) is 11.6 Å². The second-order valence-corrected chi connectivity index (χ2v) is 3.65. The highest BCUT2D eigenvalue weighted by Gasteiger charge is 2.07. The summed E-state index contributed by atoms with van der Waals surface area (Å²) in [6.07, 6.45) is 5.17. The molecule has 0 radical (unpaired) electrons. The maximum absolute atomic E-state index is 10.1. The van der Waals surface area contributed by atoms with E-state index in [1.165, 1.54) is 6.08 Å². The number of imidazole rings is 1. The molecule has 15 heavy (non-hydrogen) atoms. The normalized spacial score (nSPS) is 10.6. The molecular formula is C11H11N3O. The van der Waals surface area contributed by atoms with Crippen LogP contribution in [-0.4, -0.2) is 15.5 Å². The maximum Gasteiger partial charge on any atom is 0.240 e. The number of isocyanates is 1. The molecule has 0 amide bonds. The fraction of sp³-hybridized carbons (Fsp3) is 0.273. The minimum atomic E-state index is 0.368. The summed E-state index contributed by atoms with van der Waals surface area (Å²) in [5, 5.41) is 0. The summed E-state index contributed by atoms with van der Waals surface area (Å²) in [6.45, 7) is 4.18. The molecule has 0 aliphatic carbocycles. The van der Waals surface area contributed by atoms with Crippen LogP contribution in [0.25, 0.3) is 5.52 Å². The number of hydrogen-bond donors (Lipinski definition) is 0. The summed E-state index contributed by atoms with van der Waals surface area (Å²) in [5.74, 6) is 1.37. The van der Waals surface area contributed by atoms with E-state index in [2.05, 4.69) is 23.8 Å². The lowest BCUT2D eigenvalue weighted by molar-refractivity contribution is 0.565. The first kappa shape index (κ1) is 9.62. The Labute approximate surface area is 87.3 Å². The van der Waals surface area contributed by atoms with Crippen molar-refractivity contribution in [3.8, 4) is 0 Å². The third-order valence-electron chi connectivity index (χ3n) is 2.24. The molecule has 0 aromatic carbocycles. The molecule has 4 nitrogen and oxygen atoms in total. The van der Waals surface area contributed by atoms with E-state index < -0.39 is 0 Å². The summed E-state index contributed by atoms with van der Waals surface area (Å²) in [7, 11) is 0. The van der Waals surface area contributed by atoms with Crippen LogP contribution in [0.5, 0.6) is 0 Å². The number of hydrogen-bond acceptors (Lipinski definition) is 3. The maximum atomic E-state index is 10.1. The van der Waals surface area contributed by atoms with Crippen molar-refractivity contribution < 1.29 is 4.79 Å². The lowest BCUT2D eigenvalue weighted by Crippen LogP contribution is -1.95. The smallest absolute Gasteiger partial charge is 0.240 e. The van der Waals surface area contributed by atoms with Crippen molar-refractivity contribution in [2.24, 2.45) is 4.99 Å². The summed E-state index contributed by atoms with van der Waals surface area (Å²) >= 11 is 0. The molecule has 0 unspecified atom stereocenters. The molecule has 2 rings (SSSR count). The molecule has 0 N–H and O–H groups in total. The van der Waals surface area contributed by atoms with Crippen molar-refractivity contribution in [1.82, 2.24) is 9.38 Å². The fourth-order valence-corrected chi connectivity index (χ4v) is 1.56. The van der Waals surface area contributed by atoms with Crippen molar-refractivity contribution in [1.29, 1.82) is 0 Å². The number of nitrogens with zero attached hydrogens (tertiary/aromatic N) is 3. The average Bonchev–Trinajstić information content (AvgIpc) is 2.61. The zero-order valence-corrected chi connectivity index (χ0v) is 8.64. The Kier molecular flexibility index (Phi) is 2.35. The average molecular weight is 201 g/mol. The van der Waals surface area contributed by atoms with Gasteiger partial charge in [0.25, 0.3) is 0 Å². The molecular weight excluding hydrogens is 190 g/mol. The van der Waals surface area contributed by atoms with Gasteiger partial charge >= 0.3 is 0 Å². The van der Waals surface area contributed by atoms with E-state index in [-0.39, 0.29) is 0 Å². The van der Waals surface area contributed by atoms with Gasteiger partial charge in [-0.1, -0.05) is 13.8 Å². The second-order valence-electron chi connectivity index (χ2n) is 3.65. The first-order valence-electron chi connectivity index (χ1n) is 4.77. The van der Waals surface area contributed by atoms with E-state index >= 15 is 0 Å². The molecule has 0 aliphatic heterocycles. The van der Waals surface area contributed by atoms with Gasteiger partial charge in [0.05, 0.1) is 17.4 Å². The number of aromatic nitrogens is 2. The monoisotopic (exact) mass is 201 g/mol. The highest BCUT2D eigenvalue weighted by molar-refractivity contribution is 5.58. The molecule has 0 bridgehead atoms. The topological polar surface area (TPSA) is 46.7 Å². The van der Waals surface area contributed by atoms with Gasteiger partial charge in [0, 0.05) is 12.1 Å². The second kappa shape index (κ2) is 3.67. The van der Waals surface area contributed by atoms with Crippen molar-refractivity contribution in [3.05, 3.63) is 30.4 Å². The van der Waals surface area contributed by atoms with Gasteiger partial charge in [0.2, 0.25) is 6.08 Å². The number of pyridine rings is 1. The largest absolute Gasteiger partial charge is 0.303 e. The summed E-state index contributed by atoms with van der Waals surface area (Å²) in [5.41, 5.74) is 1.54. The van der Waals surface area contributed by atoms with E-state index in [1.54, 1.807) is 12.3 Å². The number of carbonyl (C=O) groups excluding carboxylic acids is 1. The molecule has 0 atom stereocenters. The quantitative estimate of drug-likeness (QED) is 0.553. The Balaban J connectivity index is 2.61. The lowest BCUT2D eigenvalue weighted by atomic mass is 10.2. The van der Waals surface area contributed by atoms with Crippen LogP contribution in [0.3, 0.4) is 0 Å². The molecule has 76 valence electrons. The predicted molar refractivity (Wildman–Crippen MR) is 57.1 cm³/mol. The van der Waals surface area contributed by atoms with Gasteiger partial charge in [0.1, 0.15) is 5.82 Å². The highest BCUT2D eigenvalue weighted by Crippen LogP contribution is 2.19. The lowest BCUT2D eigenvalue weighted by Gasteiger charge is -2.03. The van der Waals surface area contributed by atoms with Crippen LogP contribution >= 0.6 is 0 Å². The number of rotatable bonds is 2. The van der Waals surface area contributed by atoms with Crippen LogP contribution < -0.4 is 0 Å². The van der Waals surface area contributed by atoms with Gasteiger partial charge in [-0.05, 0) is 12.1 Å². The highest BCUT2D eigenvalue weighted by atomic mass is 16.1. The van der Waals surface area contributed by atoms with Gasteiger partial charge in [0.15, 0.2) is 0 Å². The van der Waals surface area contributed by atoms with Crippen LogP contribution in [0, 0.1) is 0 Å².